The molecule has 8 heteroatoms. The zero-order valence-corrected chi connectivity index (χ0v) is 16.9. The topological polar surface area (TPSA) is 72.6 Å². The summed E-state index contributed by atoms with van der Waals surface area (Å²) < 4.78 is 7.22. The fourth-order valence-electron chi connectivity index (χ4n) is 3.53. The maximum absolute atomic E-state index is 12.7. The van der Waals surface area contributed by atoms with E-state index in [4.69, 9.17) is 9.72 Å². The summed E-state index contributed by atoms with van der Waals surface area (Å²) in [6.45, 7) is 3.98. The molecule has 0 amide bonds. The third-order valence-electron chi connectivity index (χ3n) is 4.84. The number of fused-ring (bicyclic) bond motifs is 1. The number of aromatic nitrogens is 4. The Labute approximate surface area is 168 Å². The molecule has 2 aromatic heterocycles. The number of carbonyl (C=O) groups is 1. The molecule has 0 bridgehead atoms. The highest BCUT2D eigenvalue weighted by Gasteiger charge is 2.28. The minimum absolute atomic E-state index is 0.303. The summed E-state index contributed by atoms with van der Waals surface area (Å²) in [6, 6.07) is 10.1. The zero-order valence-electron chi connectivity index (χ0n) is 16.1. The Balaban J connectivity index is 1.91. The number of thioether (sulfide) groups is 1. The highest BCUT2D eigenvalue weighted by Crippen LogP contribution is 2.30. The SMILES string of the molecule is CCOC(=O)c1c(SC)nc(N2CCCC2)n2c(Cc3ccccc3)nnc12. The predicted molar refractivity (Wildman–Crippen MR) is 109 cm³/mol. The molecule has 0 spiro atoms. The van der Waals surface area contributed by atoms with Gasteiger partial charge >= 0.3 is 5.97 Å². The van der Waals surface area contributed by atoms with Crippen LogP contribution in [0.3, 0.4) is 0 Å². The van der Waals surface area contributed by atoms with E-state index >= 15 is 0 Å². The van der Waals surface area contributed by atoms with Crippen LogP contribution in [0.15, 0.2) is 35.4 Å². The van der Waals surface area contributed by atoms with Gasteiger partial charge in [0.25, 0.3) is 0 Å². The highest BCUT2D eigenvalue weighted by molar-refractivity contribution is 7.98. The van der Waals surface area contributed by atoms with Gasteiger partial charge in [0.15, 0.2) is 5.65 Å². The second-order valence-electron chi connectivity index (χ2n) is 6.65. The van der Waals surface area contributed by atoms with Crippen molar-refractivity contribution in [3.05, 3.63) is 47.3 Å². The van der Waals surface area contributed by atoms with Crippen LogP contribution < -0.4 is 4.90 Å². The van der Waals surface area contributed by atoms with Crippen LogP contribution >= 0.6 is 11.8 Å². The number of rotatable bonds is 6. The van der Waals surface area contributed by atoms with Crippen molar-refractivity contribution in [1.82, 2.24) is 19.6 Å². The third-order valence-corrected chi connectivity index (χ3v) is 5.52. The van der Waals surface area contributed by atoms with E-state index in [2.05, 4.69) is 27.2 Å². The molecule has 146 valence electrons. The quantitative estimate of drug-likeness (QED) is 0.359. The fraction of sp³-hybridized carbons (Fsp3) is 0.400. The molecule has 7 nitrogen and oxygen atoms in total. The summed E-state index contributed by atoms with van der Waals surface area (Å²) in [4.78, 5) is 19.8. The van der Waals surface area contributed by atoms with Crippen molar-refractivity contribution >= 4 is 29.3 Å². The second-order valence-corrected chi connectivity index (χ2v) is 7.44. The van der Waals surface area contributed by atoms with Gasteiger partial charge in [0.2, 0.25) is 5.95 Å². The number of benzene rings is 1. The molecule has 1 fully saturated rings. The van der Waals surface area contributed by atoms with Crippen molar-refractivity contribution in [2.45, 2.75) is 31.2 Å². The molecule has 0 unspecified atom stereocenters. The van der Waals surface area contributed by atoms with Gasteiger partial charge in [-0.15, -0.1) is 22.0 Å². The third kappa shape index (κ3) is 3.44. The van der Waals surface area contributed by atoms with Crippen LogP contribution in [0.4, 0.5) is 5.95 Å². The molecule has 0 saturated carbocycles. The summed E-state index contributed by atoms with van der Waals surface area (Å²) in [5.41, 5.74) is 2.05. The molecule has 3 heterocycles. The van der Waals surface area contributed by atoms with Gasteiger partial charge in [-0.2, -0.15) is 0 Å². The van der Waals surface area contributed by atoms with Crippen LogP contribution in [-0.4, -0.2) is 51.5 Å². The van der Waals surface area contributed by atoms with Crippen LogP contribution in [0.25, 0.3) is 5.65 Å². The van der Waals surface area contributed by atoms with Gasteiger partial charge in [-0.25, -0.2) is 14.2 Å². The maximum Gasteiger partial charge on any atom is 0.344 e. The maximum atomic E-state index is 12.7. The van der Waals surface area contributed by atoms with E-state index in [-0.39, 0.29) is 0 Å². The van der Waals surface area contributed by atoms with Crippen LogP contribution in [0, 0.1) is 0 Å². The summed E-state index contributed by atoms with van der Waals surface area (Å²) in [7, 11) is 0. The Bertz CT molecular complexity index is 983. The average Bonchev–Trinajstić information content (AvgIpc) is 3.38. The largest absolute Gasteiger partial charge is 0.462 e. The first kappa shape index (κ1) is 18.7. The molecule has 28 heavy (non-hydrogen) atoms. The van der Waals surface area contributed by atoms with E-state index in [1.807, 2.05) is 28.9 Å². The molecular weight excluding hydrogens is 374 g/mol. The van der Waals surface area contributed by atoms with Crippen molar-refractivity contribution in [3.8, 4) is 0 Å². The summed E-state index contributed by atoms with van der Waals surface area (Å²) >= 11 is 1.43. The Morgan fingerprint density at radius 2 is 1.93 bits per heavy atom. The Kier molecular flexibility index (Phi) is 5.47. The van der Waals surface area contributed by atoms with Crippen molar-refractivity contribution in [2.75, 3.05) is 30.9 Å². The van der Waals surface area contributed by atoms with Gasteiger partial charge < -0.3 is 9.64 Å². The molecular formula is C20H23N5O2S. The van der Waals surface area contributed by atoms with E-state index < -0.39 is 5.97 Å². The van der Waals surface area contributed by atoms with Gasteiger partial charge in [0.05, 0.1) is 6.61 Å². The van der Waals surface area contributed by atoms with E-state index in [0.717, 1.165) is 43.3 Å². The molecule has 3 aromatic rings. The van der Waals surface area contributed by atoms with Gasteiger partial charge in [0, 0.05) is 19.5 Å². The number of anilines is 1. The first-order valence-corrected chi connectivity index (χ1v) is 10.7. The van der Waals surface area contributed by atoms with E-state index in [1.54, 1.807) is 6.92 Å². The first-order chi connectivity index (χ1) is 13.7. The Hall–Kier alpha value is -2.61. The monoisotopic (exact) mass is 397 g/mol. The molecule has 0 N–H and O–H groups in total. The number of hydrogen-bond acceptors (Lipinski definition) is 7. The lowest BCUT2D eigenvalue weighted by Gasteiger charge is -2.20. The lowest BCUT2D eigenvalue weighted by atomic mass is 10.1. The summed E-state index contributed by atoms with van der Waals surface area (Å²) in [5.74, 6) is 1.17. The van der Waals surface area contributed by atoms with Crippen molar-refractivity contribution < 1.29 is 9.53 Å². The van der Waals surface area contributed by atoms with Crippen LogP contribution in [0.1, 0.15) is 41.5 Å². The van der Waals surface area contributed by atoms with E-state index in [9.17, 15) is 4.79 Å². The lowest BCUT2D eigenvalue weighted by molar-refractivity contribution is 0.0523. The minimum atomic E-state index is -0.406. The van der Waals surface area contributed by atoms with Crippen molar-refractivity contribution in [3.63, 3.8) is 0 Å². The Morgan fingerprint density at radius 3 is 2.61 bits per heavy atom. The summed E-state index contributed by atoms with van der Waals surface area (Å²) in [5, 5.41) is 9.45. The van der Waals surface area contributed by atoms with Crippen LogP contribution in [-0.2, 0) is 11.2 Å². The molecule has 4 rings (SSSR count). The number of esters is 1. The molecule has 0 radical (unpaired) electrons. The standard InChI is InChI=1S/C20H23N5O2S/c1-3-27-19(26)16-17-23-22-15(13-14-9-5-4-6-10-14)25(17)20(21-18(16)28-2)24-11-7-8-12-24/h4-6,9-10H,3,7-8,11-13H2,1-2H3. The van der Waals surface area contributed by atoms with Crippen LogP contribution in [0.2, 0.25) is 0 Å². The molecule has 0 aliphatic carbocycles. The average molecular weight is 398 g/mol. The van der Waals surface area contributed by atoms with Gasteiger partial charge in [-0.3, -0.25) is 0 Å². The fourth-order valence-corrected chi connectivity index (χ4v) is 4.08. The zero-order chi connectivity index (χ0) is 19.5. The Morgan fingerprint density at radius 1 is 1.18 bits per heavy atom. The van der Waals surface area contributed by atoms with Crippen molar-refractivity contribution in [2.24, 2.45) is 0 Å². The minimum Gasteiger partial charge on any atom is -0.462 e. The molecule has 0 atom stereocenters. The number of hydrogen-bond donors (Lipinski definition) is 0. The second kappa shape index (κ2) is 8.18. The predicted octanol–water partition coefficient (Wildman–Crippen LogP) is 3.21. The van der Waals surface area contributed by atoms with Crippen molar-refractivity contribution in [1.29, 1.82) is 0 Å². The smallest absolute Gasteiger partial charge is 0.344 e. The normalized spacial score (nSPS) is 14.0. The van der Waals surface area contributed by atoms with Crippen LogP contribution in [0.5, 0.6) is 0 Å². The number of carbonyl (C=O) groups excluding carboxylic acids is 1. The van der Waals surface area contributed by atoms with Gasteiger partial charge in [0.1, 0.15) is 16.4 Å². The number of ether oxygens (including phenoxy) is 1. The number of nitrogens with zero attached hydrogens (tertiary/aromatic N) is 5. The van der Waals surface area contributed by atoms with Gasteiger partial charge in [-0.1, -0.05) is 30.3 Å². The van der Waals surface area contributed by atoms with Gasteiger partial charge in [-0.05, 0) is 31.6 Å². The first-order valence-electron chi connectivity index (χ1n) is 9.51. The van der Waals surface area contributed by atoms with E-state index in [1.165, 1.54) is 11.8 Å². The highest BCUT2D eigenvalue weighted by atomic mass is 32.2. The molecule has 1 aliphatic rings. The molecule has 1 aliphatic heterocycles. The molecule has 1 aromatic carbocycles. The van der Waals surface area contributed by atoms with E-state index in [0.29, 0.717) is 29.3 Å². The molecule has 1 saturated heterocycles. The summed E-state index contributed by atoms with van der Waals surface area (Å²) in [6.07, 6.45) is 4.79. The lowest BCUT2D eigenvalue weighted by Crippen LogP contribution is -2.24.